The lowest BCUT2D eigenvalue weighted by molar-refractivity contribution is 0.111. The molecule has 0 radical (unpaired) electrons. The van der Waals surface area contributed by atoms with Gasteiger partial charge in [-0.3, -0.25) is 4.90 Å². The van der Waals surface area contributed by atoms with E-state index in [1.54, 1.807) is 18.5 Å². The van der Waals surface area contributed by atoms with Gasteiger partial charge in [0.1, 0.15) is 0 Å². The van der Waals surface area contributed by atoms with Gasteiger partial charge in [0.15, 0.2) is 5.82 Å². The number of rotatable bonds is 6. The van der Waals surface area contributed by atoms with E-state index in [1.807, 2.05) is 0 Å². The molecule has 3 heterocycles. The molecule has 0 aliphatic carbocycles. The van der Waals surface area contributed by atoms with Gasteiger partial charge in [-0.25, -0.2) is 9.97 Å². The van der Waals surface area contributed by atoms with Gasteiger partial charge in [0.25, 0.3) is 0 Å². The van der Waals surface area contributed by atoms with Crippen LogP contribution in [0.15, 0.2) is 23.0 Å². The van der Waals surface area contributed by atoms with Gasteiger partial charge in [0, 0.05) is 30.8 Å². The fraction of sp³-hybridized carbons (Fsp3) is 0.625. The van der Waals surface area contributed by atoms with E-state index < -0.39 is 0 Å². The maximum absolute atomic E-state index is 5.68. The lowest BCUT2D eigenvalue weighted by Crippen LogP contribution is -2.37. The van der Waals surface area contributed by atoms with E-state index in [-0.39, 0.29) is 0 Å². The maximum Gasteiger partial charge on any atom is 0.316 e. The van der Waals surface area contributed by atoms with Crippen molar-refractivity contribution in [1.29, 1.82) is 0 Å². The summed E-state index contributed by atoms with van der Waals surface area (Å²) in [6.45, 7) is 7.49. The van der Waals surface area contributed by atoms with Gasteiger partial charge in [-0.15, -0.1) is 0 Å². The van der Waals surface area contributed by atoms with Crippen molar-refractivity contribution in [2.24, 2.45) is 5.92 Å². The maximum atomic E-state index is 5.68. The molecule has 0 aromatic carbocycles. The summed E-state index contributed by atoms with van der Waals surface area (Å²) in [5, 5.41) is 4.02. The zero-order chi connectivity index (χ0) is 16.1. The van der Waals surface area contributed by atoms with Crippen LogP contribution in [0, 0.1) is 5.92 Å². The summed E-state index contributed by atoms with van der Waals surface area (Å²) in [4.78, 5) is 15.0. The van der Waals surface area contributed by atoms with Crippen molar-refractivity contribution in [3.05, 3.63) is 30.2 Å². The van der Waals surface area contributed by atoms with E-state index in [0.717, 1.165) is 31.8 Å². The number of piperidine rings is 1. The number of hydrogen-bond donors (Lipinski definition) is 0. The average molecular weight is 317 g/mol. The van der Waals surface area contributed by atoms with Gasteiger partial charge in [-0.05, 0) is 25.5 Å². The summed E-state index contributed by atoms with van der Waals surface area (Å²) in [7, 11) is 0. The van der Waals surface area contributed by atoms with Crippen molar-refractivity contribution < 1.29 is 9.26 Å². The third-order valence-electron chi connectivity index (χ3n) is 3.95. The van der Waals surface area contributed by atoms with Gasteiger partial charge in [-0.2, -0.15) is 4.98 Å². The number of aromatic nitrogens is 4. The Kier molecular flexibility index (Phi) is 5.17. The smallest absolute Gasteiger partial charge is 0.316 e. The molecule has 0 saturated carbocycles. The van der Waals surface area contributed by atoms with Crippen molar-refractivity contribution in [1.82, 2.24) is 25.0 Å². The third kappa shape index (κ3) is 4.48. The average Bonchev–Trinajstić information content (AvgIpc) is 3.03. The van der Waals surface area contributed by atoms with E-state index >= 15 is 0 Å². The Hall–Kier alpha value is -2.02. The molecule has 1 fully saturated rings. The summed E-state index contributed by atoms with van der Waals surface area (Å²) in [6.07, 6.45) is 5.69. The molecule has 124 valence electrons. The highest BCUT2D eigenvalue weighted by molar-refractivity contribution is 4.94. The van der Waals surface area contributed by atoms with Crippen molar-refractivity contribution in [3.8, 4) is 6.01 Å². The summed E-state index contributed by atoms with van der Waals surface area (Å²) in [6, 6.07) is 2.23. The van der Waals surface area contributed by atoms with E-state index in [1.165, 1.54) is 0 Å². The highest BCUT2D eigenvalue weighted by Gasteiger charge is 2.22. The second-order valence-corrected chi connectivity index (χ2v) is 6.29. The monoisotopic (exact) mass is 317 g/mol. The van der Waals surface area contributed by atoms with Gasteiger partial charge in [0.05, 0.1) is 13.2 Å². The zero-order valence-corrected chi connectivity index (χ0v) is 13.7. The van der Waals surface area contributed by atoms with Crippen molar-refractivity contribution in [3.63, 3.8) is 0 Å². The molecule has 0 N–H and O–H groups in total. The molecule has 1 unspecified atom stereocenters. The van der Waals surface area contributed by atoms with Crippen LogP contribution in [0.5, 0.6) is 6.01 Å². The number of hydrogen-bond acceptors (Lipinski definition) is 7. The fourth-order valence-electron chi connectivity index (χ4n) is 2.74. The van der Waals surface area contributed by atoms with Crippen molar-refractivity contribution in [2.75, 3.05) is 19.7 Å². The Bertz CT molecular complexity index is 602. The Morgan fingerprint density at radius 3 is 2.91 bits per heavy atom. The highest BCUT2D eigenvalue weighted by atomic mass is 16.5. The molecule has 1 aliphatic heterocycles. The second kappa shape index (κ2) is 7.50. The van der Waals surface area contributed by atoms with Crippen LogP contribution in [-0.2, 0) is 6.54 Å². The van der Waals surface area contributed by atoms with Crippen LogP contribution >= 0.6 is 0 Å². The van der Waals surface area contributed by atoms with Crippen LogP contribution in [0.3, 0.4) is 0 Å². The van der Waals surface area contributed by atoms with Crippen LogP contribution in [0.1, 0.15) is 44.3 Å². The standard InChI is InChI=1S/C16H23N5O2/c1-12(2)15-19-14(23-20-15)10-21-8-3-5-13(9-21)11-22-16-17-6-4-7-18-16/h4,6-7,12-13H,3,5,8-11H2,1-2H3. The van der Waals surface area contributed by atoms with Gasteiger partial charge >= 0.3 is 6.01 Å². The Morgan fingerprint density at radius 2 is 2.17 bits per heavy atom. The molecule has 23 heavy (non-hydrogen) atoms. The minimum Gasteiger partial charge on any atom is -0.463 e. The predicted molar refractivity (Wildman–Crippen MR) is 83.9 cm³/mol. The summed E-state index contributed by atoms with van der Waals surface area (Å²) in [5.41, 5.74) is 0. The normalized spacial score (nSPS) is 19.2. The first-order chi connectivity index (χ1) is 11.2. The Labute approximate surface area is 136 Å². The van der Waals surface area contributed by atoms with Gasteiger partial charge in [0.2, 0.25) is 5.89 Å². The van der Waals surface area contributed by atoms with E-state index in [2.05, 4.69) is 38.9 Å². The second-order valence-electron chi connectivity index (χ2n) is 6.29. The van der Waals surface area contributed by atoms with Crippen LogP contribution in [-0.4, -0.2) is 44.7 Å². The fourth-order valence-corrected chi connectivity index (χ4v) is 2.74. The van der Waals surface area contributed by atoms with Crippen molar-refractivity contribution in [2.45, 2.75) is 39.2 Å². The first-order valence-electron chi connectivity index (χ1n) is 8.15. The topological polar surface area (TPSA) is 77.2 Å². The number of nitrogens with zero attached hydrogens (tertiary/aromatic N) is 5. The quantitative estimate of drug-likeness (QED) is 0.808. The number of likely N-dealkylation sites (tertiary alicyclic amines) is 1. The van der Waals surface area contributed by atoms with E-state index in [4.69, 9.17) is 9.26 Å². The lowest BCUT2D eigenvalue weighted by Gasteiger charge is -2.31. The van der Waals surface area contributed by atoms with Crippen LogP contribution in [0.2, 0.25) is 0 Å². The summed E-state index contributed by atoms with van der Waals surface area (Å²) in [5.74, 6) is 2.24. The molecule has 2 aromatic rings. The lowest BCUT2D eigenvalue weighted by atomic mass is 9.99. The molecular weight excluding hydrogens is 294 g/mol. The first-order valence-corrected chi connectivity index (χ1v) is 8.15. The number of ether oxygens (including phenoxy) is 1. The van der Waals surface area contributed by atoms with E-state index in [9.17, 15) is 0 Å². The molecule has 2 aromatic heterocycles. The van der Waals surface area contributed by atoms with Crippen molar-refractivity contribution >= 4 is 0 Å². The molecule has 1 aliphatic rings. The molecular formula is C16H23N5O2. The SMILES string of the molecule is CC(C)c1noc(CN2CCCC(COc3ncccn3)C2)n1. The minimum atomic E-state index is 0.292. The highest BCUT2D eigenvalue weighted by Crippen LogP contribution is 2.19. The Balaban J connectivity index is 1.49. The van der Waals surface area contributed by atoms with Gasteiger partial charge in [-0.1, -0.05) is 19.0 Å². The molecule has 7 heteroatoms. The summed E-state index contributed by atoms with van der Waals surface area (Å²) >= 11 is 0. The van der Waals surface area contributed by atoms with Crippen LogP contribution in [0.4, 0.5) is 0 Å². The predicted octanol–water partition coefficient (Wildman–Crippen LogP) is 2.27. The largest absolute Gasteiger partial charge is 0.463 e. The zero-order valence-electron chi connectivity index (χ0n) is 13.7. The van der Waals surface area contributed by atoms with Gasteiger partial charge < -0.3 is 9.26 Å². The minimum absolute atomic E-state index is 0.292. The summed E-state index contributed by atoms with van der Waals surface area (Å²) < 4.78 is 11.0. The van der Waals surface area contributed by atoms with E-state index in [0.29, 0.717) is 36.9 Å². The first kappa shape index (κ1) is 15.9. The Morgan fingerprint density at radius 1 is 1.35 bits per heavy atom. The molecule has 7 nitrogen and oxygen atoms in total. The molecule has 1 saturated heterocycles. The van der Waals surface area contributed by atoms with Crippen LogP contribution < -0.4 is 4.74 Å². The molecule has 0 amide bonds. The molecule has 0 bridgehead atoms. The molecule has 3 rings (SSSR count). The van der Waals surface area contributed by atoms with Crippen LogP contribution in [0.25, 0.3) is 0 Å². The third-order valence-corrected chi connectivity index (χ3v) is 3.95. The molecule has 0 spiro atoms. The molecule has 1 atom stereocenters.